The Morgan fingerprint density at radius 2 is 1.56 bits per heavy atom. The highest BCUT2D eigenvalue weighted by molar-refractivity contribution is 5.81. The number of esters is 1. The molecule has 0 radical (unpaired) electrons. The molecule has 25 heavy (non-hydrogen) atoms. The number of hydrogen-bond acceptors (Lipinski definition) is 4. The van der Waals surface area contributed by atoms with Gasteiger partial charge in [0.05, 0.1) is 18.4 Å². The lowest BCUT2D eigenvalue weighted by atomic mass is 9.79. The maximum absolute atomic E-state index is 12.1. The fourth-order valence-corrected chi connectivity index (χ4v) is 3.41. The lowest BCUT2D eigenvalue weighted by Crippen LogP contribution is -2.34. The number of carbonyl (C=O) groups is 2. The zero-order valence-electron chi connectivity index (χ0n) is 16.0. The largest absolute Gasteiger partial charge is 0.481 e. The molecule has 5 nitrogen and oxygen atoms in total. The van der Waals surface area contributed by atoms with Gasteiger partial charge in [-0.05, 0) is 25.2 Å². The van der Waals surface area contributed by atoms with Gasteiger partial charge in [0, 0.05) is 6.61 Å². The molecule has 0 aromatic heterocycles. The minimum atomic E-state index is -0.883. The van der Waals surface area contributed by atoms with E-state index in [2.05, 4.69) is 13.8 Å². The van der Waals surface area contributed by atoms with Crippen molar-refractivity contribution in [3.8, 4) is 0 Å². The van der Waals surface area contributed by atoms with E-state index in [1.54, 1.807) is 0 Å². The first-order valence-corrected chi connectivity index (χ1v) is 9.99. The Hall–Kier alpha value is -1.10. The van der Waals surface area contributed by atoms with Gasteiger partial charge in [0.15, 0.2) is 0 Å². The van der Waals surface area contributed by atoms with Crippen LogP contribution in [0, 0.1) is 17.8 Å². The fourth-order valence-electron chi connectivity index (χ4n) is 3.41. The Balaban J connectivity index is 1.98. The van der Waals surface area contributed by atoms with E-state index in [4.69, 9.17) is 9.47 Å². The van der Waals surface area contributed by atoms with Gasteiger partial charge in [-0.15, -0.1) is 0 Å². The van der Waals surface area contributed by atoms with Crippen molar-refractivity contribution in [2.45, 2.75) is 78.1 Å². The molecule has 5 heteroatoms. The Morgan fingerprint density at radius 3 is 2.24 bits per heavy atom. The van der Waals surface area contributed by atoms with Gasteiger partial charge in [-0.3, -0.25) is 9.59 Å². The average molecular weight is 357 g/mol. The summed E-state index contributed by atoms with van der Waals surface area (Å²) in [6.45, 7) is 5.83. The van der Waals surface area contributed by atoms with E-state index in [1.807, 2.05) is 0 Å². The number of carboxylic acid groups (broad SMARTS) is 1. The van der Waals surface area contributed by atoms with E-state index in [1.165, 1.54) is 32.1 Å². The third-order valence-electron chi connectivity index (χ3n) is 4.93. The van der Waals surface area contributed by atoms with Gasteiger partial charge in [-0.1, -0.05) is 58.8 Å². The van der Waals surface area contributed by atoms with Crippen LogP contribution in [-0.2, 0) is 19.1 Å². The monoisotopic (exact) mass is 356 g/mol. The van der Waals surface area contributed by atoms with Crippen LogP contribution >= 0.6 is 0 Å². The molecule has 1 fully saturated rings. The molecule has 0 heterocycles. The molecule has 1 rings (SSSR count). The van der Waals surface area contributed by atoms with Gasteiger partial charge >= 0.3 is 11.9 Å². The second-order valence-corrected chi connectivity index (χ2v) is 7.57. The molecule has 1 aliphatic rings. The summed E-state index contributed by atoms with van der Waals surface area (Å²) in [6, 6.07) is 0. The average Bonchev–Trinajstić information content (AvgIpc) is 2.59. The molecule has 2 unspecified atom stereocenters. The summed E-state index contributed by atoms with van der Waals surface area (Å²) >= 11 is 0. The topological polar surface area (TPSA) is 72.8 Å². The second kappa shape index (κ2) is 13.2. The summed E-state index contributed by atoms with van der Waals surface area (Å²) in [6.07, 6.45) is 10.4. The normalized spacial score (nSPS) is 20.6. The number of carbonyl (C=O) groups excluding carboxylic acids is 1. The van der Waals surface area contributed by atoms with Crippen molar-refractivity contribution in [3.63, 3.8) is 0 Å². The maximum Gasteiger partial charge on any atom is 0.309 e. The first-order chi connectivity index (χ1) is 12.0. The van der Waals surface area contributed by atoms with Crippen LogP contribution in [0.25, 0.3) is 0 Å². The zero-order valence-corrected chi connectivity index (χ0v) is 16.0. The summed E-state index contributed by atoms with van der Waals surface area (Å²) in [7, 11) is 0. The van der Waals surface area contributed by atoms with Crippen LogP contribution in [0.2, 0.25) is 0 Å². The molecule has 1 saturated carbocycles. The molecule has 0 saturated heterocycles. The first-order valence-electron chi connectivity index (χ1n) is 9.99. The van der Waals surface area contributed by atoms with Crippen LogP contribution in [0.1, 0.15) is 78.1 Å². The summed E-state index contributed by atoms with van der Waals surface area (Å²) in [5.41, 5.74) is 0. The van der Waals surface area contributed by atoms with E-state index in [0.717, 1.165) is 25.2 Å². The predicted octanol–water partition coefficient (Wildman–Crippen LogP) is 4.43. The van der Waals surface area contributed by atoms with Crippen molar-refractivity contribution < 1.29 is 24.2 Å². The minimum absolute atomic E-state index is 0.218. The van der Waals surface area contributed by atoms with Crippen molar-refractivity contribution >= 4 is 11.9 Å². The van der Waals surface area contributed by atoms with Crippen molar-refractivity contribution in [2.24, 2.45) is 17.8 Å². The Kier molecular flexibility index (Phi) is 11.5. The Labute approximate surface area is 152 Å². The molecule has 1 N–H and O–H groups in total. The van der Waals surface area contributed by atoms with Crippen LogP contribution in [0.5, 0.6) is 0 Å². The summed E-state index contributed by atoms with van der Waals surface area (Å²) in [4.78, 5) is 23.3. The van der Waals surface area contributed by atoms with Crippen LogP contribution in [0.15, 0.2) is 0 Å². The predicted molar refractivity (Wildman–Crippen MR) is 97.4 cm³/mol. The van der Waals surface area contributed by atoms with E-state index in [9.17, 15) is 14.7 Å². The molecule has 0 aliphatic heterocycles. The van der Waals surface area contributed by atoms with Gasteiger partial charge in [0.25, 0.3) is 0 Å². The smallest absolute Gasteiger partial charge is 0.309 e. The fraction of sp³-hybridized carbons (Fsp3) is 0.900. The number of rotatable bonds is 13. The summed E-state index contributed by atoms with van der Waals surface area (Å²) in [5, 5.41) is 9.20. The molecule has 1 aliphatic carbocycles. The SMILES string of the molecule is CC(C)CCCCCCCOCCOC(=O)C1CCCCC1C(=O)O. The lowest BCUT2D eigenvalue weighted by molar-refractivity contribution is -0.160. The van der Waals surface area contributed by atoms with Crippen LogP contribution < -0.4 is 0 Å². The van der Waals surface area contributed by atoms with Crippen LogP contribution in [0.3, 0.4) is 0 Å². The number of ether oxygens (including phenoxy) is 2. The van der Waals surface area contributed by atoms with Crippen molar-refractivity contribution in [1.29, 1.82) is 0 Å². The molecule has 0 spiro atoms. The standard InChI is InChI=1S/C20H36O5/c1-16(2)10-6-4-3-5-9-13-24-14-15-25-20(23)18-12-8-7-11-17(18)19(21)22/h16-18H,3-15H2,1-2H3,(H,21,22). The van der Waals surface area contributed by atoms with Crippen molar-refractivity contribution in [2.75, 3.05) is 19.8 Å². The lowest BCUT2D eigenvalue weighted by Gasteiger charge is -2.26. The molecule has 146 valence electrons. The van der Waals surface area contributed by atoms with Crippen molar-refractivity contribution in [3.05, 3.63) is 0 Å². The molecule has 0 amide bonds. The number of unbranched alkanes of at least 4 members (excludes halogenated alkanes) is 4. The van der Waals surface area contributed by atoms with E-state index >= 15 is 0 Å². The van der Waals surface area contributed by atoms with E-state index < -0.39 is 17.8 Å². The van der Waals surface area contributed by atoms with Crippen LogP contribution in [0.4, 0.5) is 0 Å². The van der Waals surface area contributed by atoms with E-state index in [0.29, 0.717) is 26.1 Å². The number of carboxylic acids is 1. The second-order valence-electron chi connectivity index (χ2n) is 7.57. The minimum Gasteiger partial charge on any atom is -0.481 e. The third-order valence-corrected chi connectivity index (χ3v) is 4.93. The highest BCUT2D eigenvalue weighted by Crippen LogP contribution is 2.31. The van der Waals surface area contributed by atoms with Crippen LogP contribution in [-0.4, -0.2) is 36.9 Å². The summed E-state index contributed by atoms with van der Waals surface area (Å²) in [5.74, 6) is -1.53. The summed E-state index contributed by atoms with van der Waals surface area (Å²) < 4.78 is 10.7. The first kappa shape index (κ1) is 21.9. The van der Waals surface area contributed by atoms with Gasteiger partial charge in [-0.25, -0.2) is 0 Å². The van der Waals surface area contributed by atoms with Gasteiger partial charge in [0.2, 0.25) is 0 Å². The number of aliphatic carboxylic acids is 1. The molecular weight excluding hydrogens is 320 g/mol. The molecule has 2 atom stereocenters. The highest BCUT2D eigenvalue weighted by Gasteiger charge is 2.36. The quantitative estimate of drug-likeness (QED) is 0.390. The molecule has 0 aromatic rings. The Morgan fingerprint density at radius 1 is 0.920 bits per heavy atom. The van der Waals surface area contributed by atoms with Crippen molar-refractivity contribution in [1.82, 2.24) is 0 Å². The van der Waals surface area contributed by atoms with Gasteiger partial charge in [-0.2, -0.15) is 0 Å². The highest BCUT2D eigenvalue weighted by atomic mass is 16.6. The maximum atomic E-state index is 12.1. The number of hydrogen-bond donors (Lipinski definition) is 1. The molecule has 0 bridgehead atoms. The van der Waals surface area contributed by atoms with E-state index in [-0.39, 0.29) is 12.6 Å². The van der Waals surface area contributed by atoms with Gasteiger partial charge < -0.3 is 14.6 Å². The molecular formula is C20H36O5. The zero-order chi connectivity index (χ0) is 18.5. The third kappa shape index (κ3) is 9.83. The Bertz CT molecular complexity index is 380. The van der Waals surface area contributed by atoms with Gasteiger partial charge in [0.1, 0.15) is 6.61 Å². The molecule has 0 aromatic carbocycles.